The standard InChI is InChI=1S/C21H26N4O/c1-5-14(2)19(20-22-17-11-6-7-12-18(17)23-20)24-21(26)15-9-8-10-16(13-15)25(3)4/h6-14,19H,5H2,1-4H3,(H,22,23)(H,24,26). The van der Waals surface area contributed by atoms with E-state index in [2.05, 4.69) is 24.1 Å². The number of rotatable bonds is 6. The van der Waals surface area contributed by atoms with Crippen molar-refractivity contribution in [2.45, 2.75) is 26.3 Å². The molecule has 0 saturated carbocycles. The number of aromatic amines is 1. The van der Waals surface area contributed by atoms with Crippen molar-refractivity contribution in [1.29, 1.82) is 0 Å². The molecule has 26 heavy (non-hydrogen) atoms. The molecule has 2 atom stereocenters. The minimum atomic E-state index is -0.164. The number of para-hydroxylation sites is 2. The molecule has 2 aromatic carbocycles. The van der Waals surface area contributed by atoms with Crippen molar-refractivity contribution in [2.24, 2.45) is 5.92 Å². The third-order valence-corrected chi connectivity index (χ3v) is 4.83. The van der Waals surface area contributed by atoms with Crippen LogP contribution in [-0.2, 0) is 0 Å². The van der Waals surface area contributed by atoms with Crippen molar-refractivity contribution < 1.29 is 4.79 Å². The second kappa shape index (κ2) is 7.60. The molecule has 0 bridgehead atoms. The first-order valence-electron chi connectivity index (χ1n) is 9.02. The Balaban J connectivity index is 1.89. The number of imidazole rings is 1. The van der Waals surface area contributed by atoms with Crippen LogP contribution in [-0.4, -0.2) is 30.0 Å². The number of hydrogen-bond donors (Lipinski definition) is 2. The van der Waals surface area contributed by atoms with E-state index in [0.717, 1.165) is 29.0 Å². The molecule has 3 aromatic rings. The summed E-state index contributed by atoms with van der Waals surface area (Å²) in [7, 11) is 3.93. The largest absolute Gasteiger partial charge is 0.378 e. The average molecular weight is 350 g/mol. The van der Waals surface area contributed by atoms with Crippen LogP contribution in [0.25, 0.3) is 11.0 Å². The molecule has 0 aliphatic rings. The Labute approximate surface area is 154 Å². The number of nitrogens with zero attached hydrogens (tertiary/aromatic N) is 2. The van der Waals surface area contributed by atoms with Crippen LogP contribution in [0.15, 0.2) is 48.5 Å². The lowest BCUT2D eigenvalue weighted by atomic mass is 9.98. The molecule has 1 aromatic heterocycles. The third kappa shape index (κ3) is 3.72. The third-order valence-electron chi connectivity index (χ3n) is 4.83. The van der Waals surface area contributed by atoms with Gasteiger partial charge in [-0.15, -0.1) is 0 Å². The fourth-order valence-corrected chi connectivity index (χ4v) is 2.99. The Hall–Kier alpha value is -2.82. The summed E-state index contributed by atoms with van der Waals surface area (Å²) in [5.41, 5.74) is 3.56. The van der Waals surface area contributed by atoms with Crippen LogP contribution in [0.4, 0.5) is 5.69 Å². The zero-order valence-electron chi connectivity index (χ0n) is 15.8. The number of nitrogens with one attached hydrogen (secondary N) is 2. The van der Waals surface area contributed by atoms with E-state index in [1.807, 2.05) is 67.5 Å². The number of aromatic nitrogens is 2. The maximum atomic E-state index is 12.9. The lowest BCUT2D eigenvalue weighted by molar-refractivity contribution is 0.0920. The van der Waals surface area contributed by atoms with E-state index < -0.39 is 0 Å². The highest BCUT2D eigenvalue weighted by Gasteiger charge is 2.24. The second-order valence-corrected chi connectivity index (χ2v) is 6.92. The molecule has 1 amide bonds. The quantitative estimate of drug-likeness (QED) is 0.702. The van der Waals surface area contributed by atoms with Gasteiger partial charge >= 0.3 is 0 Å². The molecule has 5 heteroatoms. The Morgan fingerprint density at radius 3 is 2.65 bits per heavy atom. The summed E-state index contributed by atoms with van der Waals surface area (Å²) in [6.07, 6.45) is 0.944. The van der Waals surface area contributed by atoms with Gasteiger partial charge in [0.15, 0.2) is 0 Å². The summed E-state index contributed by atoms with van der Waals surface area (Å²) in [5.74, 6) is 0.980. The summed E-state index contributed by atoms with van der Waals surface area (Å²) in [5, 5.41) is 3.18. The molecule has 5 nitrogen and oxygen atoms in total. The van der Waals surface area contributed by atoms with Crippen LogP contribution in [0.2, 0.25) is 0 Å². The normalized spacial score (nSPS) is 13.4. The topological polar surface area (TPSA) is 61.0 Å². The molecule has 2 unspecified atom stereocenters. The molecule has 0 fully saturated rings. The zero-order valence-corrected chi connectivity index (χ0v) is 15.8. The Morgan fingerprint density at radius 2 is 1.96 bits per heavy atom. The van der Waals surface area contributed by atoms with Gasteiger partial charge in [0, 0.05) is 25.3 Å². The van der Waals surface area contributed by atoms with Gasteiger partial charge < -0.3 is 15.2 Å². The molecule has 0 radical (unpaired) electrons. The highest BCUT2D eigenvalue weighted by Crippen LogP contribution is 2.25. The van der Waals surface area contributed by atoms with Gasteiger partial charge in [0.1, 0.15) is 5.82 Å². The minimum absolute atomic E-state index is 0.0838. The summed E-state index contributed by atoms with van der Waals surface area (Å²) in [6.45, 7) is 4.26. The van der Waals surface area contributed by atoms with Crippen LogP contribution < -0.4 is 10.2 Å². The highest BCUT2D eigenvalue weighted by atomic mass is 16.1. The van der Waals surface area contributed by atoms with E-state index >= 15 is 0 Å². The van der Waals surface area contributed by atoms with Crippen LogP contribution in [0, 0.1) is 5.92 Å². The minimum Gasteiger partial charge on any atom is -0.378 e. The van der Waals surface area contributed by atoms with Gasteiger partial charge in [-0.2, -0.15) is 0 Å². The molecule has 2 N–H and O–H groups in total. The predicted octanol–water partition coefficient (Wildman–Crippen LogP) is 4.15. The first-order valence-corrected chi connectivity index (χ1v) is 9.02. The lowest BCUT2D eigenvalue weighted by Gasteiger charge is -2.23. The van der Waals surface area contributed by atoms with Gasteiger partial charge in [0.2, 0.25) is 0 Å². The summed E-state index contributed by atoms with van der Waals surface area (Å²) in [6, 6.07) is 15.4. The number of amides is 1. The number of benzene rings is 2. The van der Waals surface area contributed by atoms with E-state index in [1.165, 1.54) is 0 Å². The van der Waals surface area contributed by atoms with Gasteiger partial charge in [-0.25, -0.2) is 4.98 Å². The second-order valence-electron chi connectivity index (χ2n) is 6.92. The molecule has 0 aliphatic carbocycles. The van der Waals surface area contributed by atoms with Crippen molar-refractivity contribution in [3.8, 4) is 0 Å². The van der Waals surface area contributed by atoms with E-state index in [-0.39, 0.29) is 17.9 Å². The number of carbonyl (C=O) groups excluding carboxylic acids is 1. The summed E-state index contributed by atoms with van der Waals surface area (Å²) < 4.78 is 0. The van der Waals surface area contributed by atoms with Crippen molar-refractivity contribution in [3.05, 3.63) is 59.9 Å². The van der Waals surface area contributed by atoms with Gasteiger partial charge in [-0.3, -0.25) is 4.79 Å². The molecule has 0 saturated heterocycles. The van der Waals surface area contributed by atoms with Gasteiger partial charge in [-0.05, 0) is 36.2 Å². The monoisotopic (exact) mass is 350 g/mol. The first-order chi connectivity index (χ1) is 12.5. The van der Waals surface area contributed by atoms with E-state index in [0.29, 0.717) is 5.56 Å². The fraction of sp³-hybridized carbons (Fsp3) is 0.333. The van der Waals surface area contributed by atoms with Crippen LogP contribution in [0.1, 0.15) is 42.5 Å². The molecular weight excluding hydrogens is 324 g/mol. The molecule has 0 aliphatic heterocycles. The number of H-pyrrole nitrogens is 1. The molecular formula is C21H26N4O. The number of hydrogen-bond acceptors (Lipinski definition) is 3. The van der Waals surface area contributed by atoms with Crippen LogP contribution in [0.3, 0.4) is 0 Å². The smallest absolute Gasteiger partial charge is 0.251 e. The van der Waals surface area contributed by atoms with Crippen LogP contribution >= 0.6 is 0 Å². The van der Waals surface area contributed by atoms with Crippen molar-refractivity contribution in [2.75, 3.05) is 19.0 Å². The Morgan fingerprint density at radius 1 is 1.19 bits per heavy atom. The Bertz CT molecular complexity index is 867. The molecule has 3 rings (SSSR count). The average Bonchev–Trinajstić information content (AvgIpc) is 3.09. The van der Waals surface area contributed by atoms with Crippen molar-refractivity contribution >= 4 is 22.6 Å². The summed E-state index contributed by atoms with van der Waals surface area (Å²) in [4.78, 5) is 22.9. The SMILES string of the molecule is CCC(C)C(NC(=O)c1cccc(N(C)C)c1)c1nc2ccccc2[nH]1. The molecule has 0 spiro atoms. The maximum Gasteiger partial charge on any atom is 0.251 e. The van der Waals surface area contributed by atoms with Gasteiger partial charge in [-0.1, -0.05) is 38.5 Å². The van der Waals surface area contributed by atoms with Gasteiger partial charge in [0.05, 0.1) is 17.1 Å². The molecule has 136 valence electrons. The summed E-state index contributed by atoms with van der Waals surface area (Å²) >= 11 is 0. The zero-order chi connectivity index (χ0) is 18.7. The Kier molecular flexibility index (Phi) is 5.26. The van der Waals surface area contributed by atoms with Crippen LogP contribution in [0.5, 0.6) is 0 Å². The number of carbonyl (C=O) groups is 1. The molecule has 1 heterocycles. The van der Waals surface area contributed by atoms with E-state index in [1.54, 1.807) is 0 Å². The van der Waals surface area contributed by atoms with Crippen molar-refractivity contribution in [3.63, 3.8) is 0 Å². The van der Waals surface area contributed by atoms with E-state index in [9.17, 15) is 4.79 Å². The lowest BCUT2D eigenvalue weighted by Crippen LogP contribution is -2.33. The van der Waals surface area contributed by atoms with E-state index in [4.69, 9.17) is 4.98 Å². The fourth-order valence-electron chi connectivity index (χ4n) is 2.99. The first kappa shape index (κ1) is 18.0. The highest BCUT2D eigenvalue weighted by molar-refractivity contribution is 5.95. The van der Waals surface area contributed by atoms with Crippen molar-refractivity contribution in [1.82, 2.24) is 15.3 Å². The maximum absolute atomic E-state index is 12.9. The predicted molar refractivity (Wildman–Crippen MR) is 107 cm³/mol. The number of anilines is 1. The van der Waals surface area contributed by atoms with Gasteiger partial charge in [0.25, 0.3) is 5.91 Å². The number of fused-ring (bicyclic) bond motifs is 1.